The van der Waals surface area contributed by atoms with E-state index in [4.69, 9.17) is 4.74 Å². The van der Waals surface area contributed by atoms with Gasteiger partial charge in [0.2, 0.25) is 0 Å². The van der Waals surface area contributed by atoms with Crippen molar-refractivity contribution in [3.63, 3.8) is 0 Å². The van der Waals surface area contributed by atoms with Crippen LogP contribution in [0.2, 0.25) is 0 Å². The summed E-state index contributed by atoms with van der Waals surface area (Å²) in [7, 11) is 0. The van der Waals surface area contributed by atoms with Crippen LogP contribution in [0.15, 0.2) is 54.7 Å². The van der Waals surface area contributed by atoms with Crippen LogP contribution in [0.3, 0.4) is 0 Å². The Morgan fingerprint density at radius 1 is 0.929 bits per heavy atom. The first kappa shape index (κ1) is 19.4. The van der Waals surface area contributed by atoms with Crippen molar-refractivity contribution >= 4 is 23.1 Å². The lowest BCUT2D eigenvalue weighted by Crippen LogP contribution is -2.20. The second-order valence-electron chi connectivity index (χ2n) is 6.98. The molecule has 28 heavy (non-hydrogen) atoms. The van der Waals surface area contributed by atoms with Crippen molar-refractivity contribution in [2.24, 2.45) is 0 Å². The van der Waals surface area contributed by atoms with E-state index < -0.39 is 0 Å². The van der Waals surface area contributed by atoms with Gasteiger partial charge < -0.3 is 15.4 Å². The van der Waals surface area contributed by atoms with Crippen molar-refractivity contribution < 1.29 is 9.53 Å². The average molecular weight is 375 g/mol. The lowest BCUT2D eigenvalue weighted by atomic mass is 10.1. The summed E-state index contributed by atoms with van der Waals surface area (Å²) in [5.74, 6) is 1.17. The fraction of sp³-hybridized carbons (Fsp3) is 0.217. The van der Waals surface area contributed by atoms with E-state index in [0.717, 1.165) is 17.1 Å². The summed E-state index contributed by atoms with van der Waals surface area (Å²) < 4.78 is 5.49. The predicted octanol–water partition coefficient (Wildman–Crippen LogP) is 5.08. The molecule has 0 unspecified atom stereocenters. The SMILES string of the molecule is Cc1ccc(OCC(=O)Nc2ccc(Nc3c(C)cc(C)cc3C)nc2)cc1. The van der Waals surface area contributed by atoms with Gasteiger partial charge in [0.25, 0.3) is 5.91 Å². The normalized spacial score (nSPS) is 10.4. The lowest BCUT2D eigenvalue weighted by Gasteiger charge is -2.13. The molecule has 0 radical (unpaired) electrons. The van der Waals surface area contributed by atoms with Gasteiger partial charge in [0.1, 0.15) is 11.6 Å². The summed E-state index contributed by atoms with van der Waals surface area (Å²) in [4.78, 5) is 16.5. The molecule has 1 aromatic heterocycles. The molecule has 0 fully saturated rings. The highest BCUT2D eigenvalue weighted by molar-refractivity contribution is 5.91. The number of aromatic nitrogens is 1. The number of amides is 1. The number of nitrogens with one attached hydrogen (secondary N) is 2. The zero-order valence-corrected chi connectivity index (χ0v) is 16.7. The van der Waals surface area contributed by atoms with E-state index in [1.165, 1.54) is 16.7 Å². The number of nitrogens with zero attached hydrogens (tertiary/aromatic N) is 1. The van der Waals surface area contributed by atoms with Gasteiger partial charge in [0.15, 0.2) is 6.61 Å². The molecule has 5 nitrogen and oxygen atoms in total. The molecule has 0 aliphatic carbocycles. The Hall–Kier alpha value is -3.34. The minimum absolute atomic E-state index is 0.0508. The van der Waals surface area contributed by atoms with E-state index >= 15 is 0 Å². The van der Waals surface area contributed by atoms with Gasteiger partial charge in [0.05, 0.1) is 11.9 Å². The number of pyridine rings is 1. The highest BCUT2D eigenvalue weighted by atomic mass is 16.5. The molecule has 3 aromatic rings. The number of benzene rings is 2. The fourth-order valence-electron chi connectivity index (χ4n) is 3.03. The van der Waals surface area contributed by atoms with E-state index in [2.05, 4.69) is 48.5 Å². The smallest absolute Gasteiger partial charge is 0.262 e. The second-order valence-corrected chi connectivity index (χ2v) is 6.98. The Bertz CT molecular complexity index is 941. The van der Waals surface area contributed by atoms with Crippen LogP contribution in [0.4, 0.5) is 17.2 Å². The van der Waals surface area contributed by atoms with E-state index in [0.29, 0.717) is 11.4 Å². The number of hydrogen-bond donors (Lipinski definition) is 2. The Labute approximate surface area is 165 Å². The molecule has 0 aliphatic rings. The summed E-state index contributed by atoms with van der Waals surface area (Å²) in [6.45, 7) is 8.19. The Morgan fingerprint density at radius 2 is 1.61 bits per heavy atom. The van der Waals surface area contributed by atoms with Crippen molar-refractivity contribution in [1.29, 1.82) is 0 Å². The number of rotatable bonds is 6. The van der Waals surface area contributed by atoms with Gasteiger partial charge in [-0.15, -0.1) is 0 Å². The first-order chi connectivity index (χ1) is 13.4. The number of ether oxygens (including phenoxy) is 1. The number of carbonyl (C=O) groups is 1. The van der Waals surface area contributed by atoms with Crippen LogP contribution in [0.5, 0.6) is 5.75 Å². The Morgan fingerprint density at radius 3 is 2.21 bits per heavy atom. The van der Waals surface area contributed by atoms with Crippen LogP contribution in [0.25, 0.3) is 0 Å². The molecule has 0 atom stereocenters. The lowest BCUT2D eigenvalue weighted by molar-refractivity contribution is -0.118. The summed E-state index contributed by atoms with van der Waals surface area (Å²) in [5, 5.41) is 6.14. The van der Waals surface area contributed by atoms with Crippen molar-refractivity contribution in [1.82, 2.24) is 4.98 Å². The van der Waals surface area contributed by atoms with Gasteiger partial charge in [-0.25, -0.2) is 4.98 Å². The molecule has 2 N–H and O–H groups in total. The first-order valence-electron chi connectivity index (χ1n) is 9.21. The minimum Gasteiger partial charge on any atom is -0.484 e. The Balaban J connectivity index is 1.57. The number of carbonyl (C=O) groups excluding carboxylic acids is 1. The zero-order valence-electron chi connectivity index (χ0n) is 16.7. The van der Waals surface area contributed by atoms with Crippen LogP contribution in [0, 0.1) is 27.7 Å². The zero-order chi connectivity index (χ0) is 20.1. The van der Waals surface area contributed by atoms with Gasteiger partial charge >= 0.3 is 0 Å². The van der Waals surface area contributed by atoms with Crippen LogP contribution in [-0.4, -0.2) is 17.5 Å². The van der Waals surface area contributed by atoms with Gasteiger partial charge in [-0.05, 0) is 63.1 Å². The molecular formula is C23H25N3O2. The quantitative estimate of drug-likeness (QED) is 0.631. The molecule has 5 heteroatoms. The van der Waals surface area contributed by atoms with Crippen LogP contribution in [0.1, 0.15) is 22.3 Å². The van der Waals surface area contributed by atoms with E-state index in [-0.39, 0.29) is 12.5 Å². The summed E-state index contributed by atoms with van der Waals surface area (Å²) in [6.07, 6.45) is 1.63. The predicted molar refractivity (Wildman–Crippen MR) is 113 cm³/mol. The molecule has 1 amide bonds. The maximum absolute atomic E-state index is 12.1. The van der Waals surface area contributed by atoms with Gasteiger partial charge in [-0.3, -0.25) is 4.79 Å². The molecule has 3 rings (SSSR count). The summed E-state index contributed by atoms with van der Waals surface area (Å²) in [5.41, 5.74) is 6.41. The van der Waals surface area contributed by atoms with E-state index in [1.807, 2.05) is 43.3 Å². The monoisotopic (exact) mass is 375 g/mol. The largest absolute Gasteiger partial charge is 0.484 e. The third-order valence-corrected chi connectivity index (χ3v) is 4.37. The van der Waals surface area contributed by atoms with Crippen molar-refractivity contribution in [3.8, 4) is 5.75 Å². The number of anilines is 3. The molecule has 144 valence electrons. The maximum Gasteiger partial charge on any atom is 0.262 e. The number of aryl methyl sites for hydroxylation is 4. The highest BCUT2D eigenvalue weighted by Crippen LogP contribution is 2.25. The molecule has 0 saturated carbocycles. The van der Waals surface area contributed by atoms with Gasteiger partial charge in [0, 0.05) is 5.69 Å². The Kier molecular flexibility index (Phi) is 5.94. The van der Waals surface area contributed by atoms with Gasteiger partial charge in [-0.2, -0.15) is 0 Å². The topological polar surface area (TPSA) is 63.2 Å². The fourth-order valence-corrected chi connectivity index (χ4v) is 3.03. The maximum atomic E-state index is 12.1. The molecule has 0 bridgehead atoms. The van der Waals surface area contributed by atoms with Crippen molar-refractivity contribution in [2.45, 2.75) is 27.7 Å². The number of hydrogen-bond acceptors (Lipinski definition) is 4. The molecule has 2 aromatic carbocycles. The van der Waals surface area contributed by atoms with E-state index in [1.54, 1.807) is 6.20 Å². The van der Waals surface area contributed by atoms with Gasteiger partial charge in [-0.1, -0.05) is 35.4 Å². The summed E-state index contributed by atoms with van der Waals surface area (Å²) >= 11 is 0. The van der Waals surface area contributed by atoms with Crippen LogP contribution < -0.4 is 15.4 Å². The molecule has 0 aliphatic heterocycles. The molecule has 0 saturated heterocycles. The van der Waals surface area contributed by atoms with Crippen molar-refractivity contribution in [2.75, 3.05) is 17.2 Å². The minimum atomic E-state index is -0.228. The van der Waals surface area contributed by atoms with E-state index in [9.17, 15) is 4.79 Å². The third-order valence-electron chi connectivity index (χ3n) is 4.37. The standard InChI is InChI=1S/C23H25N3O2/c1-15-5-8-20(9-6-15)28-14-22(27)25-19-7-10-21(24-13-19)26-23-17(3)11-16(2)12-18(23)4/h5-13H,14H2,1-4H3,(H,24,26)(H,25,27). The molecule has 0 spiro atoms. The molecule has 1 heterocycles. The average Bonchev–Trinajstić information content (AvgIpc) is 2.65. The third kappa shape index (κ3) is 5.10. The highest BCUT2D eigenvalue weighted by Gasteiger charge is 2.07. The summed E-state index contributed by atoms with van der Waals surface area (Å²) in [6, 6.07) is 15.5. The van der Waals surface area contributed by atoms with Crippen LogP contribution >= 0.6 is 0 Å². The second kappa shape index (κ2) is 8.57. The molecular weight excluding hydrogens is 350 g/mol. The van der Waals surface area contributed by atoms with Crippen molar-refractivity contribution in [3.05, 3.63) is 77.0 Å². The van der Waals surface area contributed by atoms with Crippen LogP contribution in [-0.2, 0) is 4.79 Å². The first-order valence-corrected chi connectivity index (χ1v) is 9.21.